The molecule has 2 aliphatic heterocycles. The summed E-state index contributed by atoms with van der Waals surface area (Å²) >= 11 is 0. The molecule has 0 spiro atoms. The Bertz CT molecular complexity index is 2100. The predicted molar refractivity (Wildman–Crippen MR) is 204 cm³/mol. The lowest BCUT2D eigenvalue weighted by atomic mass is 10.00. The second-order valence-electron chi connectivity index (χ2n) is 14.5. The summed E-state index contributed by atoms with van der Waals surface area (Å²) in [6.07, 6.45) is 3.65. The Balaban J connectivity index is 1.16. The van der Waals surface area contributed by atoms with Crippen molar-refractivity contribution in [1.82, 2.24) is 40.4 Å². The minimum atomic E-state index is -0.986. The van der Waals surface area contributed by atoms with E-state index in [0.29, 0.717) is 66.5 Å². The summed E-state index contributed by atoms with van der Waals surface area (Å²) in [6.45, 7) is 6.27. The van der Waals surface area contributed by atoms with Crippen LogP contribution in [-0.2, 0) is 23.8 Å². The quantitative estimate of drug-likeness (QED) is 0.136. The van der Waals surface area contributed by atoms with E-state index in [0.717, 1.165) is 6.42 Å². The van der Waals surface area contributed by atoms with Gasteiger partial charge in [0.25, 0.3) is 0 Å². The molecule has 0 aliphatic carbocycles. The van der Waals surface area contributed by atoms with Gasteiger partial charge in [-0.05, 0) is 73.9 Å². The molecule has 2 aliphatic rings. The summed E-state index contributed by atoms with van der Waals surface area (Å²) in [5.41, 5.74) is 2.24. The highest BCUT2D eigenvalue weighted by atomic mass is 19.1. The number of aromatic amines is 2. The molecule has 17 heteroatoms. The average Bonchev–Trinajstić information content (AvgIpc) is 4.05. The van der Waals surface area contributed by atoms with Gasteiger partial charge in [0.2, 0.25) is 11.8 Å². The van der Waals surface area contributed by atoms with E-state index in [4.69, 9.17) is 14.2 Å². The Hall–Kier alpha value is -5.84. The number of alkyl carbamates (subject to hydrolysis) is 2. The zero-order valence-electron chi connectivity index (χ0n) is 32.7. The lowest BCUT2D eigenvalue weighted by Gasteiger charge is -2.30. The van der Waals surface area contributed by atoms with Gasteiger partial charge in [-0.15, -0.1) is 0 Å². The fourth-order valence-electron chi connectivity index (χ4n) is 7.50. The van der Waals surface area contributed by atoms with Crippen LogP contribution in [0.25, 0.3) is 33.6 Å². The maximum Gasteiger partial charge on any atom is 0.407 e. The van der Waals surface area contributed by atoms with E-state index in [9.17, 15) is 19.2 Å². The standard InChI is InChI=1S/C40H48F2N8O7/c1-21(2)33(47-39(53)56-5)37(51)49-15-7-9-31(49)35-43-19-29(45-35)25-13-11-23(17-27(25)41)24-12-14-26(28(42)18-24)30-20-44-36(46-30)32-10-8-16-50(32)38(52)34(22(3)55-4)48-40(54)57-6/h11-14,17-22,31-34H,7-10,15-16H2,1-6H3,(H,43,45)(H,44,46)(H,47,53)(H,48,54)/t22-,31+,32+,33+,34+/m1/s1. The van der Waals surface area contributed by atoms with E-state index in [1.807, 2.05) is 13.8 Å². The minimum absolute atomic E-state index is 0.184. The molecule has 4 heterocycles. The number of carbonyl (C=O) groups is 4. The molecule has 6 rings (SSSR count). The van der Waals surface area contributed by atoms with Gasteiger partial charge >= 0.3 is 12.2 Å². The number of benzene rings is 2. The number of ether oxygens (including phenoxy) is 3. The van der Waals surface area contributed by atoms with Crippen LogP contribution in [0.4, 0.5) is 18.4 Å². The number of halogens is 2. The molecule has 57 heavy (non-hydrogen) atoms. The van der Waals surface area contributed by atoms with Crippen LogP contribution >= 0.6 is 0 Å². The Morgan fingerprint density at radius 1 is 0.719 bits per heavy atom. The van der Waals surface area contributed by atoms with Crippen molar-refractivity contribution in [3.63, 3.8) is 0 Å². The number of likely N-dealkylation sites (tertiary alicyclic amines) is 2. The second-order valence-corrected chi connectivity index (χ2v) is 14.5. The van der Waals surface area contributed by atoms with Gasteiger partial charge in [0.05, 0.1) is 56.2 Å². The molecule has 2 saturated heterocycles. The fourth-order valence-corrected chi connectivity index (χ4v) is 7.50. The van der Waals surface area contributed by atoms with E-state index in [2.05, 4.69) is 30.6 Å². The van der Waals surface area contributed by atoms with Gasteiger partial charge in [0.15, 0.2) is 0 Å². The van der Waals surface area contributed by atoms with Crippen LogP contribution in [0.5, 0.6) is 0 Å². The van der Waals surface area contributed by atoms with Crippen LogP contribution in [-0.4, -0.2) is 106 Å². The number of carbonyl (C=O) groups excluding carboxylic acids is 4. The van der Waals surface area contributed by atoms with Crippen molar-refractivity contribution in [2.75, 3.05) is 34.4 Å². The van der Waals surface area contributed by atoms with Crippen molar-refractivity contribution >= 4 is 24.0 Å². The van der Waals surface area contributed by atoms with Crippen molar-refractivity contribution in [1.29, 1.82) is 0 Å². The number of nitrogens with zero attached hydrogens (tertiary/aromatic N) is 4. The van der Waals surface area contributed by atoms with Crippen LogP contribution in [0, 0.1) is 17.6 Å². The number of imidazole rings is 2. The molecule has 2 fully saturated rings. The number of hydrogen-bond donors (Lipinski definition) is 4. The number of H-pyrrole nitrogens is 2. The lowest BCUT2D eigenvalue weighted by molar-refractivity contribution is -0.137. The van der Waals surface area contributed by atoms with E-state index < -0.39 is 48.1 Å². The molecule has 4 N–H and O–H groups in total. The SMILES string of the molecule is COC(=O)N[C@H](C(=O)N1CCC[C@H]1c1ncc(-c2ccc(-c3ccc(-c4cnc([C@@H]5CCCN5C(=O)[C@@H](NC(=O)OC)[C@@H](C)OC)[nH]4)c(F)c3)cc2F)[nH]1)C(C)C. The highest BCUT2D eigenvalue weighted by molar-refractivity contribution is 5.87. The van der Waals surface area contributed by atoms with Gasteiger partial charge in [-0.2, -0.15) is 0 Å². The molecular formula is C40H48F2N8O7. The van der Waals surface area contributed by atoms with Crippen molar-refractivity contribution in [3.8, 4) is 33.6 Å². The van der Waals surface area contributed by atoms with E-state index in [-0.39, 0.29) is 34.9 Å². The van der Waals surface area contributed by atoms with E-state index >= 15 is 8.78 Å². The summed E-state index contributed by atoms with van der Waals surface area (Å²) in [7, 11) is 3.90. The topological polar surface area (TPSA) is 184 Å². The van der Waals surface area contributed by atoms with Crippen LogP contribution in [0.3, 0.4) is 0 Å². The normalized spacial score (nSPS) is 18.3. The zero-order valence-corrected chi connectivity index (χ0v) is 32.7. The molecule has 304 valence electrons. The van der Waals surface area contributed by atoms with Gasteiger partial charge < -0.3 is 44.6 Å². The molecule has 0 unspecified atom stereocenters. The van der Waals surface area contributed by atoms with Gasteiger partial charge in [-0.25, -0.2) is 28.3 Å². The minimum Gasteiger partial charge on any atom is -0.453 e. The number of hydrogen-bond acceptors (Lipinski definition) is 9. The number of rotatable bonds is 12. The summed E-state index contributed by atoms with van der Waals surface area (Å²) in [5, 5.41) is 5.18. The van der Waals surface area contributed by atoms with Crippen LogP contribution in [0.15, 0.2) is 48.8 Å². The van der Waals surface area contributed by atoms with Crippen molar-refractivity contribution < 1.29 is 42.2 Å². The number of aromatic nitrogens is 4. The first kappa shape index (κ1) is 40.8. The number of nitrogens with one attached hydrogen (secondary N) is 4. The Morgan fingerprint density at radius 2 is 1.16 bits per heavy atom. The molecule has 4 amide bonds. The first-order chi connectivity index (χ1) is 27.3. The molecule has 2 aromatic carbocycles. The second kappa shape index (κ2) is 17.5. The molecule has 0 radical (unpaired) electrons. The molecule has 2 aromatic heterocycles. The van der Waals surface area contributed by atoms with Crippen molar-refractivity contribution in [2.45, 2.75) is 76.7 Å². The maximum absolute atomic E-state index is 15.7. The van der Waals surface area contributed by atoms with Gasteiger partial charge in [-0.3, -0.25) is 9.59 Å². The summed E-state index contributed by atoms with van der Waals surface area (Å²) in [5.74, 6) is -0.908. The smallest absolute Gasteiger partial charge is 0.407 e. The van der Waals surface area contributed by atoms with Crippen molar-refractivity contribution in [2.24, 2.45) is 5.92 Å². The van der Waals surface area contributed by atoms with Crippen LogP contribution < -0.4 is 10.6 Å². The molecule has 0 bridgehead atoms. The monoisotopic (exact) mass is 790 g/mol. The summed E-state index contributed by atoms with van der Waals surface area (Å²) in [4.78, 5) is 69.7. The first-order valence-corrected chi connectivity index (χ1v) is 18.9. The van der Waals surface area contributed by atoms with Gasteiger partial charge in [-0.1, -0.05) is 26.0 Å². The summed E-state index contributed by atoms with van der Waals surface area (Å²) in [6, 6.07) is 6.63. The molecule has 15 nitrogen and oxygen atoms in total. The van der Waals surface area contributed by atoms with E-state index in [1.165, 1.54) is 45.9 Å². The largest absolute Gasteiger partial charge is 0.453 e. The van der Waals surface area contributed by atoms with Crippen molar-refractivity contribution in [3.05, 3.63) is 72.1 Å². The lowest BCUT2D eigenvalue weighted by Crippen LogP contribution is -2.54. The average molecular weight is 791 g/mol. The maximum atomic E-state index is 15.7. The van der Waals surface area contributed by atoms with E-state index in [1.54, 1.807) is 41.0 Å². The first-order valence-electron chi connectivity index (χ1n) is 18.9. The van der Waals surface area contributed by atoms with Gasteiger partial charge in [0, 0.05) is 31.3 Å². The Kier molecular flexibility index (Phi) is 12.6. The third-order valence-corrected chi connectivity index (χ3v) is 10.7. The highest BCUT2D eigenvalue weighted by Crippen LogP contribution is 2.36. The Morgan fingerprint density at radius 3 is 1.56 bits per heavy atom. The predicted octanol–water partition coefficient (Wildman–Crippen LogP) is 5.88. The highest BCUT2D eigenvalue weighted by Gasteiger charge is 2.40. The Labute approximate surface area is 328 Å². The third kappa shape index (κ3) is 8.62. The number of methoxy groups -OCH3 is 3. The summed E-state index contributed by atoms with van der Waals surface area (Å²) < 4.78 is 46.2. The molecule has 5 atom stereocenters. The zero-order chi connectivity index (χ0) is 41.0. The molecule has 0 saturated carbocycles. The molecule has 4 aromatic rings. The van der Waals surface area contributed by atoms with Gasteiger partial charge in [0.1, 0.15) is 35.4 Å². The fraction of sp³-hybridized carbons (Fsp3) is 0.450. The third-order valence-electron chi connectivity index (χ3n) is 10.7. The number of amides is 4. The van der Waals surface area contributed by atoms with Crippen LogP contribution in [0.1, 0.15) is 70.2 Å². The molecular weight excluding hydrogens is 742 g/mol. The van der Waals surface area contributed by atoms with Crippen LogP contribution in [0.2, 0.25) is 0 Å².